The fourth-order valence-corrected chi connectivity index (χ4v) is 3.23. The Labute approximate surface area is 127 Å². The highest BCUT2D eigenvalue weighted by Crippen LogP contribution is 2.33. The van der Waals surface area contributed by atoms with Gasteiger partial charge in [0.1, 0.15) is 0 Å². The fraction of sp³-hybridized carbons (Fsp3) is 0.588. The van der Waals surface area contributed by atoms with E-state index in [1.165, 1.54) is 12.8 Å². The summed E-state index contributed by atoms with van der Waals surface area (Å²) >= 11 is 0. The average Bonchev–Trinajstić information content (AvgIpc) is 3.28. The second kappa shape index (κ2) is 5.68. The van der Waals surface area contributed by atoms with Crippen LogP contribution in [-0.2, 0) is 4.79 Å². The summed E-state index contributed by atoms with van der Waals surface area (Å²) in [5.74, 6) is 0.691. The molecule has 1 fully saturated rings. The summed E-state index contributed by atoms with van der Waals surface area (Å²) in [6.45, 7) is 4.53. The number of carbonyl (C=O) groups is 1. The predicted molar refractivity (Wildman–Crippen MR) is 86.9 cm³/mol. The van der Waals surface area contributed by atoms with Gasteiger partial charge in [0.2, 0.25) is 5.91 Å². The Balaban J connectivity index is 1.84. The topological polar surface area (TPSA) is 26.8 Å². The van der Waals surface area contributed by atoms with E-state index < -0.39 is 0 Å². The zero-order valence-corrected chi connectivity index (χ0v) is 13.2. The standard InChI is InChI=1S/C17H25N3O/c1-13-10-19(3)15-6-4-5-7-16(15)20(11-13)17(21)12-18(2)14-8-9-14/h4-7,13-14H,8-12H2,1-3H3. The smallest absolute Gasteiger partial charge is 0.241 e. The predicted octanol–water partition coefficient (Wildman–Crippen LogP) is 2.20. The van der Waals surface area contributed by atoms with Crippen molar-refractivity contribution in [1.82, 2.24) is 4.90 Å². The van der Waals surface area contributed by atoms with Crippen molar-refractivity contribution in [2.24, 2.45) is 5.92 Å². The van der Waals surface area contributed by atoms with E-state index in [1.807, 2.05) is 17.0 Å². The van der Waals surface area contributed by atoms with Gasteiger partial charge in [-0.25, -0.2) is 0 Å². The molecule has 1 amide bonds. The van der Waals surface area contributed by atoms with Crippen LogP contribution in [0.5, 0.6) is 0 Å². The lowest BCUT2D eigenvalue weighted by atomic mass is 10.1. The summed E-state index contributed by atoms with van der Waals surface area (Å²) in [6, 6.07) is 8.87. The van der Waals surface area contributed by atoms with Crippen LogP contribution in [0.1, 0.15) is 19.8 Å². The number of carbonyl (C=O) groups excluding carboxylic acids is 1. The van der Waals surface area contributed by atoms with Crippen molar-refractivity contribution in [1.29, 1.82) is 0 Å². The Morgan fingerprint density at radius 2 is 1.90 bits per heavy atom. The Morgan fingerprint density at radius 3 is 2.57 bits per heavy atom. The van der Waals surface area contributed by atoms with Crippen molar-refractivity contribution in [3.8, 4) is 0 Å². The minimum absolute atomic E-state index is 0.221. The molecule has 0 saturated heterocycles. The second-order valence-electron chi connectivity index (χ2n) is 6.63. The quantitative estimate of drug-likeness (QED) is 0.853. The molecule has 1 unspecified atom stereocenters. The summed E-state index contributed by atoms with van der Waals surface area (Å²) in [5.41, 5.74) is 2.21. The van der Waals surface area contributed by atoms with Crippen LogP contribution in [0, 0.1) is 5.92 Å². The number of anilines is 2. The van der Waals surface area contributed by atoms with E-state index in [0.717, 1.165) is 24.5 Å². The van der Waals surface area contributed by atoms with Crippen LogP contribution in [-0.4, -0.2) is 50.6 Å². The van der Waals surface area contributed by atoms with Gasteiger partial charge in [-0.1, -0.05) is 19.1 Å². The minimum atomic E-state index is 0.221. The first-order valence-corrected chi connectivity index (χ1v) is 7.87. The lowest BCUT2D eigenvalue weighted by Crippen LogP contribution is -2.41. The molecule has 4 heteroatoms. The zero-order chi connectivity index (χ0) is 15.0. The molecule has 0 aromatic heterocycles. The number of amides is 1. The van der Waals surface area contributed by atoms with Gasteiger partial charge in [-0.15, -0.1) is 0 Å². The molecule has 1 aromatic carbocycles. The number of para-hydroxylation sites is 2. The monoisotopic (exact) mass is 287 g/mol. The van der Waals surface area contributed by atoms with Crippen molar-refractivity contribution in [2.45, 2.75) is 25.8 Å². The highest BCUT2D eigenvalue weighted by atomic mass is 16.2. The first-order chi connectivity index (χ1) is 10.1. The van der Waals surface area contributed by atoms with E-state index >= 15 is 0 Å². The van der Waals surface area contributed by atoms with E-state index in [-0.39, 0.29) is 5.91 Å². The van der Waals surface area contributed by atoms with Gasteiger partial charge in [0, 0.05) is 26.2 Å². The SMILES string of the molecule is CC1CN(C)c2ccccc2N(C(=O)CN(C)C2CC2)C1. The summed E-state index contributed by atoms with van der Waals surface area (Å²) in [7, 11) is 4.18. The molecule has 1 saturated carbocycles. The van der Waals surface area contributed by atoms with Crippen LogP contribution < -0.4 is 9.80 Å². The van der Waals surface area contributed by atoms with Gasteiger partial charge in [-0.2, -0.15) is 0 Å². The highest BCUT2D eigenvalue weighted by Gasteiger charge is 2.31. The molecule has 1 aliphatic carbocycles. The highest BCUT2D eigenvalue weighted by molar-refractivity contribution is 5.98. The minimum Gasteiger partial charge on any atom is -0.373 e. The van der Waals surface area contributed by atoms with Gasteiger partial charge >= 0.3 is 0 Å². The molecule has 0 bridgehead atoms. The van der Waals surface area contributed by atoms with Crippen molar-refractivity contribution >= 4 is 17.3 Å². The molecule has 4 nitrogen and oxygen atoms in total. The average molecular weight is 287 g/mol. The first kappa shape index (κ1) is 14.4. The number of benzene rings is 1. The van der Waals surface area contributed by atoms with Crippen molar-refractivity contribution in [3.05, 3.63) is 24.3 Å². The molecule has 2 aliphatic rings. The van der Waals surface area contributed by atoms with Crippen molar-refractivity contribution in [2.75, 3.05) is 43.5 Å². The van der Waals surface area contributed by atoms with Crippen LogP contribution in [0.15, 0.2) is 24.3 Å². The largest absolute Gasteiger partial charge is 0.373 e. The number of likely N-dealkylation sites (N-methyl/N-ethyl adjacent to an activating group) is 1. The lowest BCUT2D eigenvalue weighted by molar-refractivity contribution is -0.119. The molecule has 21 heavy (non-hydrogen) atoms. The van der Waals surface area contributed by atoms with Gasteiger partial charge in [-0.05, 0) is 37.9 Å². The fourth-order valence-electron chi connectivity index (χ4n) is 3.23. The van der Waals surface area contributed by atoms with Gasteiger partial charge in [0.05, 0.1) is 17.9 Å². The van der Waals surface area contributed by atoms with Gasteiger partial charge in [-0.3, -0.25) is 9.69 Å². The molecule has 1 heterocycles. The van der Waals surface area contributed by atoms with E-state index in [0.29, 0.717) is 18.5 Å². The van der Waals surface area contributed by atoms with Crippen LogP contribution in [0.2, 0.25) is 0 Å². The van der Waals surface area contributed by atoms with E-state index in [1.54, 1.807) is 0 Å². The Morgan fingerprint density at radius 1 is 1.24 bits per heavy atom. The van der Waals surface area contributed by atoms with Crippen LogP contribution in [0.3, 0.4) is 0 Å². The Kier molecular flexibility index (Phi) is 3.89. The maximum atomic E-state index is 12.8. The molecule has 114 valence electrons. The zero-order valence-electron chi connectivity index (χ0n) is 13.2. The number of hydrogen-bond acceptors (Lipinski definition) is 3. The summed E-state index contributed by atoms with van der Waals surface area (Å²) < 4.78 is 0. The third kappa shape index (κ3) is 3.05. The van der Waals surface area contributed by atoms with Crippen molar-refractivity contribution in [3.63, 3.8) is 0 Å². The molecular weight excluding hydrogens is 262 g/mol. The van der Waals surface area contributed by atoms with E-state index in [4.69, 9.17) is 0 Å². The van der Waals surface area contributed by atoms with Crippen LogP contribution in [0.25, 0.3) is 0 Å². The normalized spacial score (nSPS) is 22.2. The molecule has 3 rings (SSSR count). The summed E-state index contributed by atoms with van der Waals surface area (Å²) in [5, 5.41) is 0. The first-order valence-electron chi connectivity index (χ1n) is 7.87. The van der Waals surface area contributed by atoms with Gasteiger partial charge in [0.15, 0.2) is 0 Å². The molecular formula is C17H25N3O. The van der Waals surface area contributed by atoms with E-state index in [9.17, 15) is 4.79 Å². The number of hydrogen-bond donors (Lipinski definition) is 0. The van der Waals surface area contributed by atoms with Crippen molar-refractivity contribution < 1.29 is 4.79 Å². The molecule has 0 N–H and O–H groups in total. The molecule has 1 aliphatic heterocycles. The number of nitrogens with zero attached hydrogens (tertiary/aromatic N) is 3. The van der Waals surface area contributed by atoms with E-state index in [2.05, 4.69) is 43.0 Å². The maximum absolute atomic E-state index is 12.8. The third-order valence-electron chi connectivity index (χ3n) is 4.52. The third-order valence-corrected chi connectivity index (χ3v) is 4.52. The summed E-state index contributed by atoms with van der Waals surface area (Å²) in [4.78, 5) is 19.2. The maximum Gasteiger partial charge on any atom is 0.241 e. The molecule has 0 radical (unpaired) electrons. The van der Waals surface area contributed by atoms with Gasteiger partial charge < -0.3 is 9.80 Å². The lowest BCUT2D eigenvalue weighted by Gasteiger charge is -2.27. The summed E-state index contributed by atoms with van der Waals surface area (Å²) in [6.07, 6.45) is 2.47. The second-order valence-corrected chi connectivity index (χ2v) is 6.63. The Bertz CT molecular complexity index is 527. The number of fused-ring (bicyclic) bond motifs is 1. The number of rotatable bonds is 3. The molecule has 1 atom stereocenters. The Hall–Kier alpha value is -1.55. The molecule has 1 aromatic rings. The van der Waals surface area contributed by atoms with Gasteiger partial charge in [0.25, 0.3) is 0 Å². The molecule has 0 spiro atoms. The van der Waals surface area contributed by atoms with Crippen LogP contribution >= 0.6 is 0 Å². The van der Waals surface area contributed by atoms with Crippen LogP contribution in [0.4, 0.5) is 11.4 Å².